The summed E-state index contributed by atoms with van der Waals surface area (Å²) in [7, 11) is 1.84. The highest BCUT2D eigenvalue weighted by atomic mass is 127. The summed E-state index contributed by atoms with van der Waals surface area (Å²) in [5.41, 5.74) is 1.36. The Hall–Kier alpha value is -0.820. The predicted molar refractivity (Wildman–Crippen MR) is 110 cm³/mol. The van der Waals surface area contributed by atoms with Gasteiger partial charge in [0.15, 0.2) is 5.96 Å². The van der Waals surface area contributed by atoms with Crippen LogP contribution in [0, 0.1) is 0 Å². The first-order valence-corrected chi connectivity index (χ1v) is 8.56. The Balaban J connectivity index is 0.00000264. The van der Waals surface area contributed by atoms with Gasteiger partial charge in [-0.1, -0.05) is 37.3 Å². The molecule has 1 atom stereocenters. The van der Waals surface area contributed by atoms with Gasteiger partial charge in [0.25, 0.3) is 0 Å². The van der Waals surface area contributed by atoms with E-state index in [1.165, 1.54) is 37.9 Å². The van der Waals surface area contributed by atoms with E-state index in [9.17, 15) is 0 Å². The summed E-state index contributed by atoms with van der Waals surface area (Å²) in [6, 6.07) is 11.2. The molecule has 23 heavy (non-hydrogen) atoms. The second-order valence-corrected chi connectivity index (χ2v) is 5.92. The van der Waals surface area contributed by atoms with Gasteiger partial charge in [0.2, 0.25) is 0 Å². The molecule has 0 aliphatic carbocycles. The minimum Gasteiger partial charge on any atom is -0.356 e. The Bertz CT molecular complexity index is 444. The lowest BCUT2D eigenvalue weighted by Gasteiger charge is -2.27. The molecule has 1 unspecified atom stereocenters. The zero-order valence-electron chi connectivity index (χ0n) is 14.4. The van der Waals surface area contributed by atoms with E-state index in [2.05, 4.69) is 57.8 Å². The molecule has 1 aromatic carbocycles. The molecule has 4 nitrogen and oxygen atoms in total. The molecule has 1 heterocycles. The van der Waals surface area contributed by atoms with Crippen molar-refractivity contribution < 1.29 is 0 Å². The van der Waals surface area contributed by atoms with Crippen LogP contribution in [0.5, 0.6) is 0 Å². The van der Waals surface area contributed by atoms with Gasteiger partial charge in [0.1, 0.15) is 0 Å². The summed E-state index contributed by atoms with van der Waals surface area (Å²) in [5, 5.41) is 6.89. The normalized spacial score (nSPS) is 16.7. The van der Waals surface area contributed by atoms with Crippen molar-refractivity contribution in [1.82, 2.24) is 15.5 Å². The van der Waals surface area contributed by atoms with Crippen LogP contribution in [0.25, 0.3) is 0 Å². The largest absolute Gasteiger partial charge is 0.356 e. The van der Waals surface area contributed by atoms with Gasteiger partial charge in [-0.15, -0.1) is 24.0 Å². The molecule has 0 aromatic heterocycles. The number of benzene rings is 1. The second kappa shape index (κ2) is 11.7. The third kappa shape index (κ3) is 7.08. The molecule has 5 heteroatoms. The van der Waals surface area contributed by atoms with E-state index in [-0.39, 0.29) is 24.0 Å². The van der Waals surface area contributed by atoms with Crippen LogP contribution in [0.3, 0.4) is 0 Å². The number of hydrogen-bond donors (Lipinski definition) is 2. The standard InChI is InChI=1S/C18H30N4.HI/c1-3-17(22-13-7-8-14-22)15-21-18(19-2)20-12-11-16-9-5-4-6-10-16;/h4-6,9-10,17H,3,7-8,11-15H2,1-2H3,(H2,19,20,21);1H. The van der Waals surface area contributed by atoms with Crippen molar-refractivity contribution in [3.8, 4) is 0 Å². The average molecular weight is 430 g/mol. The third-order valence-corrected chi connectivity index (χ3v) is 4.41. The SMILES string of the molecule is CCC(CNC(=NC)NCCc1ccccc1)N1CCCC1.I. The Morgan fingerprint density at radius 3 is 2.48 bits per heavy atom. The molecule has 0 spiro atoms. The highest BCUT2D eigenvalue weighted by Crippen LogP contribution is 2.13. The number of hydrogen-bond acceptors (Lipinski definition) is 2. The first-order chi connectivity index (χ1) is 10.8. The molecule has 0 saturated carbocycles. The van der Waals surface area contributed by atoms with Gasteiger partial charge in [-0.2, -0.15) is 0 Å². The van der Waals surface area contributed by atoms with Crippen molar-refractivity contribution in [2.75, 3.05) is 33.2 Å². The van der Waals surface area contributed by atoms with Crippen LogP contribution in [0.1, 0.15) is 31.7 Å². The lowest BCUT2D eigenvalue weighted by Crippen LogP contribution is -2.46. The van der Waals surface area contributed by atoms with E-state index in [0.29, 0.717) is 6.04 Å². The molecule has 2 N–H and O–H groups in total. The summed E-state index contributed by atoms with van der Waals surface area (Å²) >= 11 is 0. The van der Waals surface area contributed by atoms with Gasteiger partial charge in [0.05, 0.1) is 0 Å². The van der Waals surface area contributed by atoms with Crippen molar-refractivity contribution in [1.29, 1.82) is 0 Å². The van der Waals surface area contributed by atoms with Crippen molar-refractivity contribution >= 4 is 29.9 Å². The lowest BCUT2D eigenvalue weighted by atomic mass is 10.1. The molecular weight excluding hydrogens is 399 g/mol. The minimum absolute atomic E-state index is 0. The van der Waals surface area contributed by atoms with Crippen molar-refractivity contribution in [2.45, 2.75) is 38.6 Å². The molecule has 1 saturated heterocycles. The van der Waals surface area contributed by atoms with Gasteiger partial charge in [0, 0.05) is 26.2 Å². The number of aliphatic imine (C=N–C) groups is 1. The maximum Gasteiger partial charge on any atom is 0.191 e. The highest BCUT2D eigenvalue weighted by Gasteiger charge is 2.20. The van der Waals surface area contributed by atoms with E-state index in [4.69, 9.17) is 0 Å². The smallest absolute Gasteiger partial charge is 0.191 e. The zero-order chi connectivity index (χ0) is 15.6. The number of likely N-dealkylation sites (tertiary alicyclic amines) is 1. The van der Waals surface area contributed by atoms with Gasteiger partial charge >= 0.3 is 0 Å². The lowest BCUT2D eigenvalue weighted by molar-refractivity contribution is 0.236. The van der Waals surface area contributed by atoms with E-state index < -0.39 is 0 Å². The fraction of sp³-hybridized carbons (Fsp3) is 0.611. The first-order valence-electron chi connectivity index (χ1n) is 8.56. The van der Waals surface area contributed by atoms with Crippen LogP contribution in [0.4, 0.5) is 0 Å². The summed E-state index contributed by atoms with van der Waals surface area (Å²) in [6.07, 6.45) is 4.90. The summed E-state index contributed by atoms with van der Waals surface area (Å²) in [4.78, 5) is 6.93. The number of rotatable bonds is 7. The van der Waals surface area contributed by atoms with E-state index in [0.717, 1.165) is 25.5 Å². The molecule has 1 aliphatic heterocycles. The molecule has 130 valence electrons. The van der Waals surface area contributed by atoms with Crippen molar-refractivity contribution in [3.05, 3.63) is 35.9 Å². The molecule has 1 aromatic rings. The maximum atomic E-state index is 4.33. The van der Waals surface area contributed by atoms with Gasteiger partial charge in [-0.25, -0.2) is 0 Å². The molecule has 0 amide bonds. The topological polar surface area (TPSA) is 39.7 Å². The second-order valence-electron chi connectivity index (χ2n) is 5.92. The summed E-state index contributed by atoms with van der Waals surface area (Å²) in [5.74, 6) is 0.911. The minimum atomic E-state index is 0. The Kier molecular flexibility index (Phi) is 10.3. The van der Waals surface area contributed by atoms with Crippen molar-refractivity contribution in [2.24, 2.45) is 4.99 Å². The number of guanidine groups is 1. The Morgan fingerprint density at radius 1 is 1.17 bits per heavy atom. The third-order valence-electron chi connectivity index (χ3n) is 4.41. The monoisotopic (exact) mass is 430 g/mol. The van der Waals surface area contributed by atoms with E-state index in [1.54, 1.807) is 0 Å². The number of nitrogens with zero attached hydrogens (tertiary/aromatic N) is 2. The Labute approximate surface area is 158 Å². The first kappa shape index (κ1) is 20.2. The summed E-state index contributed by atoms with van der Waals surface area (Å²) < 4.78 is 0. The molecule has 1 aliphatic rings. The molecule has 0 radical (unpaired) electrons. The molecule has 2 rings (SSSR count). The van der Waals surface area contributed by atoms with Crippen LogP contribution < -0.4 is 10.6 Å². The average Bonchev–Trinajstić information content (AvgIpc) is 3.09. The Morgan fingerprint density at radius 2 is 1.87 bits per heavy atom. The van der Waals surface area contributed by atoms with Crippen LogP contribution in [0.15, 0.2) is 35.3 Å². The number of nitrogens with one attached hydrogen (secondary N) is 2. The fourth-order valence-corrected chi connectivity index (χ4v) is 3.04. The van der Waals surface area contributed by atoms with Crippen LogP contribution >= 0.6 is 24.0 Å². The van der Waals surface area contributed by atoms with Crippen molar-refractivity contribution in [3.63, 3.8) is 0 Å². The van der Waals surface area contributed by atoms with E-state index in [1.807, 2.05) is 7.05 Å². The fourth-order valence-electron chi connectivity index (χ4n) is 3.04. The van der Waals surface area contributed by atoms with Crippen LogP contribution in [-0.4, -0.2) is 50.1 Å². The van der Waals surface area contributed by atoms with Crippen LogP contribution in [0.2, 0.25) is 0 Å². The maximum absolute atomic E-state index is 4.33. The summed E-state index contributed by atoms with van der Waals surface area (Å²) in [6.45, 7) is 6.66. The molecular formula is C18H31IN4. The van der Waals surface area contributed by atoms with Crippen LogP contribution in [-0.2, 0) is 6.42 Å². The highest BCUT2D eigenvalue weighted by molar-refractivity contribution is 14.0. The quantitative estimate of drug-likeness (QED) is 0.397. The van der Waals surface area contributed by atoms with E-state index >= 15 is 0 Å². The van der Waals surface area contributed by atoms with Gasteiger partial charge in [-0.05, 0) is 44.3 Å². The number of halogens is 1. The predicted octanol–water partition coefficient (Wildman–Crippen LogP) is 2.89. The van der Waals surface area contributed by atoms with Gasteiger partial charge in [-0.3, -0.25) is 9.89 Å². The van der Waals surface area contributed by atoms with Gasteiger partial charge < -0.3 is 10.6 Å². The molecule has 1 fully saturated rings. The molecule has 0 bridgehead atoms. The zero-order valence-corrected chi connectivity index (χ0v) is 16.8.